The number of carbonyl (C=O) groups is 1. The molecule has 1 N–H and O–H groups in total. The number of aromatic nitrogens is 2. The Morgan fingerprint density at radius 3 is 2.44 bits per heavy atom. The van der Waals surface area contributed by atoms with E-state index in [1.165, 1.54) is 10.6 Å². The van der Waals surface area contributed by atoms with Crippen molar-refractivity contribution in [3.8, 4) is 0 Å². The smallest absolute Gasteiger partial charge is 0.407 e. The van der Waals surface area contributed by atoms with Gasteiger partial charge in [0.1, 0.15) is 18.0 Å². The molecule has 1 saturated heterocycles. The van der Waals surface area contributed by atoms with Gasteiger partial charge in [-0.1, -0.05) is 35.1 Å². The van der Waals surface area contributed by atoms with Crippen LogP contribution in [0.3, 0.4) is 0 Å². The number of anilines is 1. The molecule has 10 heteroatoms. The van der Waals surface area contributed by atoms with Crippen LogP contribution < -0.4 is 26.3 Å². The molecule has 2 aliphatic rings. The number of benzene rings is 2. The van der Waals surface area contributed by atoms with E-state index in [4.69, 9.17) is 9.57 Å². The highest BCUT2D eigenvalue weighted by atomic mass is 19.1. The number of hydrogen-bond acceptors (Lipinski definition) is 6. The lowest BCUT2D eigenvalue weighted by molar-refractivity contribution is 0.0496. The van der Waals surface area contributed by atoms with Crippen molar-refractivity contribution in [1.29, 1.82) is 0 Å². The van der Waals surface area contributed by atoms with E-state index in [0.29, 0.717) is 18.6 Å². The maximum atomic E-state index is 15.2. The normalized spacial score (nSPS) is 16.1. The fourth-order valence-electron chi connectivity index (χ4n) is 4.31. The van der Waals surface area contributed by atoms with Gasteiger partial charge >= 0.3 is 11.8 Å². The van der Waals surface area contributed by atoms with Gasteiger partial charge in [-0.15, -0.1) is 0 Å². The van der Waals surface area contributed by atoms with Crippen LogP contribution in [0.25, 0.3) is 10.9 Å². The Morgan fingerprint density at radius 2 is 1.81 bits per heavy atom. The third-order valence-corrected chi connectivity index (χ3v) is 6.18. The molecule has 1 saturated carbocycles. The summed E-state index contributed by atoms with van der Waals surface area (Å²) in [5.41, 5.74) is -0.413. The van der Waals surface area contributed by atoms with Crippen molar-refractivity contribution in [2.24, 2.45) is 0 Å². The Hall–Kier alpha value is -3.82. The number of nitrogens with one attached hydrogen (secondary N) is 1. The third-order valence-electron chi connectivity index (χ3n) is 6.18. The molecule has 0 atom stereocenters. The van der Waals surface area contributed by atoms with Gasteiger partial charge < -0.3 is 19.8 Å². The number of halogens is 1. The summed E-state index contributed by atoms with van der Waals surface area (Å²) >= 11 is 0. The number of nitrogens with zero attached hydrogens (tertiary/aromatic N) is 3. The molecule has 2 fully saturated rings. The summed E-state index contributed by atoms with van der Waals surface area (Å²) in [6.45, 7) is 6.14. The molecule has 1 amide bonds. The van der Waals surface area contributed by atoms with Gasteiger partial charge in [0.15, 0.2) is 0 Å². The van der Waals surface area contributed by atoms with E-state index in [1.807, 2.05) is 30.3 Å². The highest BCUT2D eigenvalue weighted by Crippen LogP contribution is 2.37. The molecule has 0 bridgehead atoms. The molecule has 36 heavy (non-hydrogen) atoms. The van der Waals surface area contributed by atoms with Crippen LogP contribution in [0.1, 0.15) is 45.2 Å². The number of hydrogen-bond donors (Lipinski definition) is 1. The first-order valence-corrected chi connectivity index (χ1v) is 12.0. The van der Waals surface area contributed by atoms with Crippen molar-refractivity contribution in [1.82, 2.24) is 14.6 Å². The molecule has 190 valence electrons. The predicted molar refractivity (Wildman–Crippen MR) is 133 cm³/mol. The average Bonchev–Trinajstić information content (AvgIpc) is 3.61. The van der Waals surface area contributed by atoms with E-state index in [-0.39, 0.29) is 29.8 Å². The molecule has 1 aromatic heterocycles. The molecule has 1 aliphatic carbocycles. The summed E-state index contributed by atoms with van der Waals surface area (Å²) in [5.74, 6) is -0.578. The van der Waals surface area contributed by atoms with Gasteiger partial charge in [0.05, 0.1) is 22.6 Å². The molecular weight excluding hydrogens is 467 g/mol. The van der Waals surface area contributed by atoms with Crippen LogP contribution in [-0.4, -0.2) is 40.1 Å². The molecule has 2 aromatic carbocycles. The summed E-state index contributed by atoms with van der Waals surface area (Å²) in [4.78, 5) is 45.8. The summed E-state index contributed by atoms with van der Waals surface area (Å²) in [5, 5.41) is 2.85. The average molecular weight is 497 g/mol. The van der Waals surface area contributed by atoms with Gasteiger partial charge in [0, 0.05) is 19.1 Å². The van der Waals surface area contributed by atoms with Crippen molar-refractivity contribution in [2.45, 2.75) is 57.9 Å². The fraction of sp³-hybridized carbons (Fsp3) is 0.423. The van der Waals surface area contributed by atoms with Crippen LogP contribution in [0.5, 0.6) is 0 Å². The summed E-state index contributed by atoms with van der Waals surface area (Å²) in [7, 11) is 0. The maximum absolute atomic E-state index is 15.2. The zero-order chi connectivity index (χ0) is 25.6. The van der Waals surface area contributed by atoms with Gasteiger partial charge in [-0.2, -0.15) is 0 Å². The van der Waals surface area contributed by atoms with Crippen LogP contribution >= 0.6 is 0 Å². The van der Waals surface area contributed by atoms with Gasteiger partial charge in [-0.3, -0.25) is 9.36 Å². The Balaban J connectivity index is 1.42. The van der Waals surface area contributed by atoms with Crippen molar-refractivity contribution in [3.63, 3.8) is 0 Å². The Morgan fingerprint density at radius 1 is 1.11 bits per heavy atom. The fourth-order valence-corrected chi connectivity index (χ4v) is 4.31. The minimum Gasteiger partial charge on any atom is -0.444 e. The first-order chi connectivity index (χ1) is 17.1. The van der Waals surface area contributed by atoms with Gasteiger partial charge in [-0.25, -0.2) is 14.0 Å². The van der Waals surface area contributed by atoms with Crippen molar-refractivity contribution in [3.05, 3.63) is 74.7 Å². The zero-order valence-corrected chi connectivity index (χ0v) is 20.5. The summed E-state index contributed by atoms with van der Waals surface area (Å²) < 4.78 is 22.7. The Bertz CT molecular complexity index is 1420. The molecular formula is C26H29FN4O5. The number of rotatable bonds is 6. The van der Waals surface area contributed by atoms with Crippen LogP contribution in [0.15, 0.2) is 52.1 Å². The Kier molecular flexibility index (Phi) is 5.97. The molecule has 0 spiro atoms. The van der Waals surface area contributed by atoms with Crippen molar-refractivity contribution in [2.75, 3.05) is 18.0 Å². The lowest BCUT2D eigenvalue weighted by Crippen LogP contribution is -2.60. The topological polar surface area (TPSA) is 94.8 Å². The minimum absolute atomic E-state index is 0.0343. The third kappa shape index (κ3) is 4.80. The number of alkyl carbamates (subject to hydrolysis) is 1. The van der Waals surface area contributed by atoms with E-state index >= 15 is 4.39 Å². The first kappa shape index (κ1) is 23.9. The molecule has 0 unspecified atom stereocenters. The van der Waals surface area contributed by atoms with Gasteiger partial charge in [0.2, 0.25) is 0 Å². The standard InChI is InChI=1S/C26H29FN4O5/c1-26(2,3)36-24(33)28-17-13-29(14-17)22-12-21-19(11-20(22)27)23(32)31(25(34)30(21)18-9-10-18)35-15-16-7-5-4-6-8-16/h4-8,11-12,17-18H,9-10,13-15H2,1-3H3,(H,28,33). The van der Waals surface area contributed by atoms with Gasteiger partial charge in [-0.05, 0) is 51.3 Å². The second kappa shape index (κ2) is 9.00. The van der Waals surface area contributed by atoms with Crippen molar-refractivity contribution < 1.29 is 18.8 Å². The van der Waals surface area contributed by atoms with Gasteiger partial charge in [0.25, 0.3) is 5.56 Å². The lowest BCUT2D eigenvalue weighted by Gasteiger charge is -2.41. The maximum Gasteiger partial charge on any atom is 0.407 e. The Labute approximate surface area is 207 Å². The second-order valence-electron chi connectivity index (χ2n) is 10.3. The van der Waals surface area contributed by atoms with E-state index in [1.54, 1.807) is 31.7 Å². The predicted octanol–water partition coefficient (Wildman–Crippen LogP) is 2.98. The quantitative estimate of drug-likeness (QED) is 0.564. The SMILES string of the molecule is CC(C)(C)OC(=O)NC1CN(c2cc3c(cc2F)c(=O)n(OCc2ccccc2)c(=O)n3C2CC2)C1. The number of fused-ring (bicyclic) bond motifs is 1. The van der Waals surface area contributed by atoms with Crippen LogP contribution in [0, 0.1) is 5.82 Å². The van der Waals surface area contributed by atoms with E-state index in [0.717, 1.165) is 23.1 Å². The van der Waals surface area contributed by atoms with Crippen LogP contribution in [0.4, 0.5) is 14.9 Å². The molecule has 0 radical (unpaired) electrons. The van der Waals surface area contributed by atoms with Crippen molar-refractivity contribution >= 4 is 22.7 Å². The highest BCUT2D eigenvalue weighted by Gasteiger charge is 2.34. The zero-order valence-electron chi connectivity index (χ0n) is 20.5. The van der Waals surface area contributed by atoms with Crippen LogP contribution in [0.2, 0.25) is 0 Å². The van der Waals surface area contributed by atoms with Crippen LogP contribution in [-0.2, 0) is 11.3 Å². The van der Waals surface area contributed by atoms with E-state index in [9.17, 15) is 14.4 Å². The van der Waals surface area contributed by atoms with E-state index in [2.05, 4.69) is 5.32 Å². The second-order valence-corrected chi connectivity index (χ2v) is 10.3. The van der Waals surface area contributed by atoms with E-state index < -0.39 is 28.8 Å². The summed E-state index contributed by atoms with van der Waals surface area (Å²) in [6.07, 6.45) is 1.07. The monoisotopic (exact) mass is 496 g/mol. The molecule has 1 aliphatic heterocycles. The number of amides is 1. The number of carbonyl (C=O) groups excluding carboxylic acids is 1. The summed E-state index contributed by atoms with van der Waals surface area (Å²) in [6, 6.07) is 11.7. The minimum atomic E-state index is -0.693. The molecule has 9 nitrogen and oxygen atoms in total. The molecule has 3 aromatic rings. The highest BCUT2D eigenvalue weighted by molar-refractivity contribution is 5.83. The molecule has 5 rings (SSSR count). The largest absolute Gasteiger partial charge is 0.444 e. The molecule has 2 heterocycles. The first-order valence-electron chi connectivity index (χ1n) is 12.0. The lowest BCUT2D eigenvalue weighted by atomic mass is 10.1. The number of ether oxygens (including phenoxy) is 1.